The summed E-state index contributed by atoms with van der Waals surface area (Å²) in [4.78, 5) is 45.2. The Morgan fingerprint density at radius 1 is 0.906 bits per heavy atom. The van der Waals surface area contributed by atoms with Gasteiger partial charge in [-0.05, 0) is 80.5 Å². The molecule has 0 bridgehead atoms. The first-order chi connectivity index (χ1) is 25.4. The topological polar surface area (TPSA) is 136 Å². The van der Waals surface area contributed by atoms with E-state index in [2.05, 4.69) is 21.4 Å². The number of benzene rings is 2. The highest BCUT2D eigenvalue weighted by atomic mass is 32.2. The maximum absolute atomic E-state index is 15.3. The minimum Gasteiger partial charge on any atom is -0.497 e. The number of aromatic nitrogens is 1. The number of fused-ring (bicyclic) bond motifs is 7. The van der Waals surface area contributed by atoms with E-state index in [0.29, 0.717) is 58.3 Å². The maximum atomic E-state index is 15.3. The van der Waals surface area contributed by atoms with Crippen LogP contribution in [0.3, 0.4) is 0 Å². The third kappa shape index (κ3) is 5.01. The lowest BCUT2D eigenvalue weighted by atomic mass is 9.71. The van der Waals surface area contributed by atoms with Crippen LogP contribution in [0.1, 0.15) is 85.7 Å². The SMILES string of the molecule is COC(=O)N1CC23COCC2(C1)CN(C(=O)[C@]12C[C@H]1c1cc(OC)ccc1-c1c(C4CCCCC4)c4ccc(C(=O)NS(=O)(=O)C(C)C)cc4n1C2)C3. The summed E-state index contributed by atoms with van der Waals surface area (Å²) in [7, 11) is -0.772. The van der Waals surface area contributed by atoms with Gasteiger partial charge in [0.25, 0.3) is 5.91 Å². The molecule has 282 valence electrons. The van der Waals surface area contributed by atoms with Crippen molar-refractivity contribution < 1.29 is 37.0 Å². The molecule has 3 saturated heterocycles. The molecule has 0 radical (unpaired) electrons. The molecule has 13 heteroatoms. The molecule has 2 aliphatic carbocycles. The second-order valence-electron chi connectivity index (χ2n) is 16.8. The molecule has 1 N–H and O–H groups in total. The number of nitrogens with zero attached hydrogens (tertiary/aromatic N) is 3. The van der Waals surface area contributed by atoms with E-state index in [1.807, 2.05) is 23.1 Å². The van der Waals surface area contributed by atoms with Gasteiger partial charge >= 0.3 is 6.09 Å². The van der Waals surface area contributed by atoms with Gasteiger partial charge in [-0.1, -0.05) is 25.3 Å². The summed E-state index contributed by atoms with van der Waals surface area (Å²) < 4.78 is 46.9. The van der Waals surface area contributed by atoms with E-state index in [0.717, 1.165) is 59.2 Å². The first-order valence-corrected chi connectivity index (χ1v) is 20.5. The van der Waals surface area contributed by atoms with Gasteiger partial charge in [-0.25, -0.2) is 17.9 Å². The summed E-state index contributed by atoms with van der Waals surface area (Å²) in [5.41, 5.74) is 4.21. The lowest BCUT2D eigenvalue weighted by Crippen LogP contribution is -2.44. The van der Waals surface area contributed by atoms with E-state index in [4.69, 9.17) is 14.2 Å². The Morgan fingerprint density at radius 3 is 2.26 bits per heavy atom. The molecular formula is C40H48N4O8S. The van der Waals surface area contributed by atoms with Gasteiger partial charge < -0.3 is 28.6 Å². The molecule has 6 aliphatic rings. The summed E-state index contributed by atoms with van der Waals surface area (Å²) in [6, 6.07) is 11.8. The van der Waals surface area contributed by atoms with E-state index in [1.165, 1.54) is 19.1 Å². The number of carbonyl (C=O) groups is 3. The van der Waals surface area contributed by atoms with Crippen molar-refractivity contribution in [3.05, 3.63) is 53.1 Å². The van der Waals surface area contributed by atoms with Crippen molar-refractivity contribution in [1.82, 2.24) is 19.1 Å². The molecule has 1 aromatic heterocycles. The summed E-state index contributed by atoms with van der Waals surface area (Å²) in [6.45, 7) is 6.52. The second-order valence-corrected chi connectivity index (χ2v) is 19.1. The van der Waals surface area contributed by atoms with Crippen LogP contribution in [0.4, 0.5) is 4.79 Å². The molecule has 12 nitrogen and oxygen atoms in total. The van der Waals surface area contributed by atoms with Gasteiger partial charge in [-0.2, -0.15) is 0 Å². The summed E-state index contributed by atoms with van der Waals surface area (Å²) in [5, 5.41) is 0.282. The van der Waals surface area contributed by atoms with Crippen molar-refractivity contribution in [3.8, 4) is 17.0 Å². The Balaban J connectivity index is 1.17. The van der Waals surface area contributed by atoms with Crippen LogP contribution in [0.5, 0.6) is 5.75 Å². The van der Waals surface area contributed by atoms with E-state index in [9.17, 15) is 18.0 Å². The lowest BCUT2D eigenvalue weighted by molar-refractivity contribution is -0.138. The highest BCUT2D eigenvalue weighted by Gasteiger charge is 2.71. The second kappa shape index (κ2) is 11.9. The number of rotatable bonds is 6. The van der Waals surface area contributed by atoms with Crippen LogP contribution < -0.4 is 9.46 Å². The van der Waals surface area contributed by atoms with Gasteiger partial charge in [0, 0.05) is 71.5 Å². The molecule has 4 atom stereocenters. The fraction of sp³-hybridized carbons (Fsp3) is 0.575. The molecule has 9 rings (SSSR count). The van der Waals surface area contributed by atoms with Crippen molar-refractivity contribution in [2.45, 2.75) is 76.0 Å². The smallest absolute Gasteiger partial charge is 0.409 e. The van der Waals surface area contributed by atoms with Gasteiger partial charge in [0.15, 0.2) is 0 Å². The van der Waals surface area contributed by atoms with Gasteiger partial charge in [-0.3, -0.25) is 9.59 Å². The van der Waals surface area contributed by atoms with Crippen molar-refractivity contribution in [2.24, 2.45) is 16.2 Å². The number of amides is 3. The Labute approximate surface area is 310 Å². The number of ether oxygens (including phenoxy) is 3. The third-order valence-electron chi connectivity index (χ3n) is 13.6. The Hall–Kier alpha value is -4.10. The normalized spacial score (nSPS) is 28.9. The molecule has 2 unspecified atom stereocenters. The molecule has 3 aromatic rings. The van der Waals surface area contributed by atoms with Crippen molar-refractivity contribution in [1.29, 1.82) is 0 Å². The number of hydrogen-bond donors (Lipinski definition) is 1. The Kier molecular flexibility index (Phi) is 7.81. The van der Waals surface area contributed by atoms with Crippen LogP contribution in [0.2, 0.25) is 0 Å². The number of sulfonamides is 1. The Bertz CT molecular complexity index is 2150. The van der Waals surface area contributed by atoms with Gasteiger partial charge in [-0.15, -0.1) is 0 Å². The van der Waals surface area contributed by atoms with Crippen LogP contribution in [0.15, 0.2) is 36.4 Å². The van der Waals surface area contributed by atoms with Crippen molar-refractivity contribution in [2.75, 3.05) is 53.6 Å². The number of carbonyl (C=O) groups excluding carboxylic acids is 3. The molecular weight excluding hydrogens is 697 g/mol. The zero-order valence-electron chi connectivity index (χ0n) is 30.9. The predicted octanol–water partition coefficient (Wildman–Crippen LogP) is 5.25. The van der Waals surface area contributed by atoms with Crippen molar-refractivity contribution in [3.63, 3.8) is 0 Å². The van der Waals surface area contributed by atoms with Gasteiger partial charge in [0.05, 0.1) is 43.8 Å². The number of hydrogen-bond acceptors (Lipinski definition) is 8. The molecule has 2 aromatic carbocycles. The third-order valence-corrected chi connectivity index (χ3v) is 15.4. The molecule has 2 saturated carbocycles. The fourth-order valence-electron chi connectivity index (χ4n) is 10.7. The lowest BCUT2D eigenvalue weighted by Gasteiger charge is -2.30. The van der Waals surface area contributed by atoms with Crippen LogP contribution >= 0.6 is 0 Å². The van der Waals surface area contributed by atoms with Gasteiger partial charge in [0.2, 0.25) is 15.9 Å². The molecule has 0 spiro atoms. The largest absolute Gasteiger partial charge is 0.497 e. The minimum absolute atomic E-state index is 0.0324. The molecule has 4 aliphatic heterocycles. The van der Waals surface area contributed by atoms with Crippen LogP contribution in [0, 0.1) is 16.2 Å². The fourth-order valence-corrected chi connectivity index (χ4v) is 11.3. The quantitative estimate of drug-likeness (QED) is 0.362. The Morgan fingerprint density at radius 2 is 1.60 bits per heavy atom. The summed E-state index contributed by atoms with van der Waals surface area (Å²) in [6.07, 6.45) is 5.93. The van der Waals surface area contributed by atoms with Gasteiger partial charge in [0.1, 0.15) is 5.75 Å². The van der Waals surface area contributed by atoms with E-state index in [-0.39, 0.29) is 34.3 Å². The van der Waals surface area contributed by atoms with Crippen LogP contribution in [0.25, 0.3) is 22.2 Å². The average Bonchev–Trinajstić information content (AvgIpc) is 3.33. The maximum Gasteiger partial charge on any atom is 0.409 e. The minimum atomic E-state index is -3.84. The monoisotopic (exact) mass is 744 g/mol. The predicted molar refractivity (Wildman–Crippen MR) is 197 cm³/mol. The highest BCUT2D eigenvalue weighted by Crippen LogP contribution is 2.67. The summed E-state index contributed by atoms with van der Waals surface area (Å²) >= 11 is 0. The zero-order chi connectivity index (χ0) is 37.1. The highest BCUT2D eigenvalue weighted by molar-refractivity contribution is 7.90. The zero-order valence-corrected chi connectivity index (χ0v) is 31.7. The van der Waals surface area contributed by atoms with Crippen molar-refractivity contribution >= 4 is 38.8 Å². The molecule has 53 heavy (non-hydrogen) atoms. The number of nitrogens with one attached hydrogen (secondary N) is 1. The molecule has 5 fully saturated rings. The van der Waals surface area contributed by atoms with E-state index < -0.39 is 26.6 Å². The standard InChI is InChI=1S/C40H48N4O8S/c1-24(2)53(48,49)41-35(45)26-10-12-29-32(14-26)44-21-40(36(46)42-17-38-19-43(37(47)51-4)20-39(38,18-42)23-52-22-38)16-31(40)30-15-27(50-3)11-13-28(30)34(44)33(29)25-8-6-5-7-9-25/h10-15,24-25,31H,5-9,16-23H2,1-4H3,(H,41,45)/t31-,38?,39?,40-/m0/s1. The molecule has 3 amide bonds. The van der Waals surface area contributed by atoms with Crippen LogP contribution in [-0.2, 0) is 30.8 Å². The first kappa shape index (κ1) is 34.7. The summed E-state index contributed by atoms with van der Waals surface area (Å²) in [5.74, 6) is 0.472. The van der Waals surface area contributed by atoms with Crippen LogP contribution in [-0.4, -0.2) is 99.6 Å². The van der Waals surface area contributed by atoms with E-state index >= 15 is 4.79 Å². The van der Waals surface area contributed by atoms with E-state index in [1.54, 1.807) is 31.9 Å². The average molecular weight is 745 g/mol. The molecule has 5 heterocycles. The first-order valence-electron chi connectivity index (χ1n) is 19.0. The number of likely N-dealkylation sites (tertiary alicyclic amines) is 2. The number of methoxy groups -OCH3 is 2.